The highest BCUT2D eigenvalue weighted by Crippen LogP contribution is 2.03. The van der Waals surface area contributed by atoms with Gasteiger partial charge in [-0.05, 0) is 0 Å². The van der Waals surface area contributed by atoms with Gasteiger partial charge in [-0.15, -0.1) is 0 Å². The van der Waals surface area contributed by atoms with E-state index < -0.39 is 48.9 Å². The molecule has 0 bridgehead atoms. The fourth-order valence-corrected chi connectivity index (χ4v) is 0.800. The molecule has 0 saturated carbocycles. The fraction of sp³-hybridized carbons (Fsp3) is 0.500. The average Bonchev–Trinajstić information content (AvgIpc) is 2.14. The summed E-state index contributed by atoms with van der Waals surface area (Å²) in [4.78, 5) is 41.6. The molecule has 96 valence electrons. The van der Waals surface area contributed by atoms with E-state index in [4.69, 9.17) is 20.4 Å². The Balaban J connectivity index is 4.29. The van der Waals surface area contributed by atoms with E-state index in [1.807, 2.05) is 0 Å². The van der Waals surface area contributed by atoms with Gasteiger partial charge in [-0.2, -0.15) is 0 Å². The fourth-order valence-electron chi connectivity index (χ4n) is 0.800. The monoisotopic (exact) mass is 250 g/mol. The number of carboxylic acid groups (broad SMARTS) is 4. The van der Waals surface area contributed by atoms with Gasteiger partial charge in [0.15, 0.2) is 11.8 Å². The Morgan fingerprint density at radius 2 is 0.941 bits per heavy atom. The first kappa shape index (κ1) is 14.8. The third-order valence-corrected chi connectivity index (χ3v) is 1.76. The summed E-state index contributed by atoms with van der Waals surface area (Å²) in [5.74, 6) is -10.3. The summed E-state index contributed by atoms with van der Waals surface area (Å²) in [7, 11) is 0. The zero-order chi connectivity index (χ0) is 13.6. The van der Waals surface area contributed by atoms with E-state index in [-0.39, 0.29) is 0 Å². The van der Waals surface area contributed by atoms with Crippen molar-refractivity contribution in [3.63, 3.8) is 0 Å². The van der Waals surface area contributed by atoms with Crippen LogP contribution < -0.4 is 0 Å². The minimum absolute atomic E-state index is 0.804. The summed E-state index contributed by atoms with van der Waals surface area (Å²) in [6.45, 7) is -1.61. The molecule has 0 aromatic heterocycles. The third kappa shape index (κ3) is 4.93. The first-order valence-electron chi connectivity index (χ1n) is 4.26. The van der Waals surface area contributed by atoms with Crippen LogP contribution in [0.3, 0.4) is 0 Å². The maximum absolute atomic E-state index is 10.4. The van der Waals surface area contributed by atoms with Gasteiger partial charge in [0.1, 0.15) is 0 Å². The SMILES string of the molecule is O=C(O)C(COCC(C(=O)O)C(=O)O)C(=O)O. The summed E-state index contributed by atoms with van der Waals surface area (Å²) in [6.07, 6.45) is 0. The van der Waals surface area contributed by atoms with Gasteiger partial charge < -0.3 is 25.2 Å². The van der Waals surface area contributed by atoms with Crippen LogP contribution in [0.1, 0.15) is 0 Å². The summed E-state index contributed by atoms with van der Waals surface area (Å²) < 4.78 is 4.48. The lowest BCUT2D eigenvalue weighted by molar-refractivity contribution is -0.159. The Morgan fingerprint density at radius 3 is 1.12 bits per heavy atom. The molecule has 0 aromatic carbocycles. The van der Waals surface area contributed by atoms with Crippen LogP contribution in [0.15, 0.2) is 0 Å². The Hall–Kier alpha value is -2.16. The lowest BCUT2D eigenvalue weighted by Gasteiger charge is -2.10. The van der Waals surface area contributed by atoms with Crippen molar-refractivity contribution in [2.24, 2.45) is 11.8 Å². The second kappa shape index (κ2) is 6.43. The molecule has 17 heavy (non-hydrogen) atoms. The predicted octanol–water partition coefficient (Wildman–Crippen LogP) is -1.43. The van der Waals surface area contributed by atoms with Crippen LogP contribution in [0.2, 0.25) is 0 Å². The lowest BCUT2D eigenvalue weighted by Crippen LogP contribution is -2.32. The molecule has 0 rings (SSSR count). The van der Waals surface area contributed by atoms with Crippen LogP contribution in [0.5, 0.6) is 0 Å². The van der Waals surface area contributed by atoms with Crippen molar-refractivity contribution in [2.75, 3.05) is 13.2 Å². The number of carboxylic acids is 4. The molecule has 0 aliphatic rings. The van der Waals surface area contributed by atoms with E-state index in [0.717, 1.165) is 0 Å². The third-order valence-electron chi connectivity index (χ3n) is 1.76. The average molecular weight is 250 g/mol. The van der Waals surface area contributed by atoms with E-state index in [2.05, 4.69) is 4.74 Å². The summed E-state index contributed by atoms with van der Waals surface area (Å²) in [5.41, 5.74) is 0. The van der Waals surface area contributed by atoms with Crippen molar-refractivity contribution in [2.45, 2.75) is 0 Å². The molecular weight excluding hydrogens is 240 g/mol. The topological polar surface area (TPSA) is 158 Å². The molecule has 0 aliphatic carbocycles. The molecule has 9 heteroatoms. The Labute approximate surface area is 94.2 Å². The minimum Gasteiger partial charge on any atom is -0.481 e. The van der Waals surface area contributed by atoms with Gasteiger partial charge in [-0.25, -0.2) is 0 Å². The molecule has 4 N–H and O–H groups in total. The minimum atomic E-state index is -1.86. The summed E-state index contributed by atoms with van der Waals surface area (Å²) in [6, 6.07) is 0. The van der Waals surface area contributed by atoms with E-state index in [1.165, 1.54) is 0 Å². The van der Waals surface area contributed by atoms with Gasteiger partial charge in [0.2, 0.25) is 0 Å². The Kier molecular flexibility index (Phi) is 5.61. The largest absolute Gasteiger partial charge is 0.481 e. The first-order chi connectivity index (χ1) is 7.77. The molecular formula is C8H10O9. The molecule has 0 unspecified atom stereocenters. The van der Waals surface area contributed by atoms with E-state index in [9.17, 15) is 19.2 Å². The highest BCUT2D eigenvalue weighted by Gasteiger charge is 2.29. The van der Waals surface area contributed by atoms with Crippen LogP contribution in [-0.4, -0.2) is 57.5 Å². The summed E-state index contributed by atoms with van der Waals surface area (Å²) in [5, 5.41) is 33.7. The quantitative estimate of drug-likeness (QED) is 0.379. The standard InChI is InChI=1S/C8H10O9/c9-5(10)3(6(11)12)1-17-2-4(7(13)14)8(15)16/h3-4H,1-2H2,(H,9,10)(H,11,12)(H,13,14)(H,15,16). The number of ether oxygens (including phenoxy) is 1. The lowest BCUT2D eigenvalue weighted by atomic mass is 10.1. The van der Waals surface area contributed by atoms with Gasteiger partial charge in [-0.3, -0.25) is 19.2 Å². The van der Waals surface area contributed by atoms with Crippen molar-refractivity contribution in [3.05, 3.63) is 0 Å². The first-order valence-corrected chi connectivity index (χ1v) is 4.26. The molecule has 0 aromatic rings. The molecule has 0 aliphatic heterocycles. The Bertz CT molecular complexity index is 274. The highest BCUT2D eigenvalue weighted by atomic mass is 16.5. The van der Waals surface area contributed by atoms with Crippen LogP contribution in [-0.2, 0) is 23.9 Å². The molecule has 0 fully saturated rings. The number of hydrogen-bond donors (Lipinski definition) is 4. The molecule has 0 heterocycles. The van der Waals surface area contributed by atoms with Gasteiger partial charge in [0, 0.05) is 0 Å². The van der Waals surface area contributed by atoms with Crippen molar-refractivity contribution >= 4 is 23.9 Å². The molecule has 0 amide bonds. The van der Waals surface area contributed by atoms with E-state index in [1.54, 1.807) is 0 Å². The van der Waals surface area contributed by atoms with Crippen molar-refractivity contribution in [1.82, 2.24) is 0 Å². The maximum atomic E-state index is 10.4. The molecule has 0 spiro atoms. The van der Waals surface area contributed by atoms with Gasteiger partial charge in [0.25, 0.3) is 0 Å². The van der Waals surface area contributed by atoms with Crippen molar-refractivity contribution in [3.8, 4) is 0 Å². The van der Waals surface area contributed by atoms with Gasteiger partial charge in [0.05, 0.1) is 13.2 Å². The van der Waals surface area contributed by atoms with Crippen LogP contribution in [0.4, 0.5) is 0 Å². The van der Waals surface area contributed by atoms with Gasteiger partial charge >= 0.3 is 23.9 Å². The van der Waals surface area contributed by atoms with Crippen LogP contribution in [0, 0.1) is 11.8 Å². The van der Waals surface area contributed by atoms with Gasteiger partial charge in [-0.1, -0.05) is 0 Å². The van der Waals surface area contributed by atoms with E-state index >= 15 is 0 Å². The van der Waals surface area contributed by atoms with E-state index in [0.29, 0.717) is 0 Å². The number of rotatable bonds is 8. The zero-order valence-corrected chi connectivity index (χ0v) is 8.40. The van der Waals surface area contributed by atoms with Crippen molar-refractivity contribution in [1.29, 1.82) is 0 Å². The number of aliphatic carboxylic acids is 4. The Morgan fingerprint density at radius 1 is 0.706 bits per heavy atom. The van der Waals surface area contributed by atoms with Crippen LogP contribution in [0.25, 0.3) is 0 Å². The molecule has 0 saturated heterocycles. The van der Waals surface area contributed by atoms with Crippen molar-refractivity contribution < 1.29 is 44.3 Å². The number of hydrogen-bond acceptors (Lipinski definition) is 5. The summed E-state index contributed by atoms with van der Waals surface area (Å²) >= 11 is 0. The second-order valence-electron chi connectivity index (χ2n) is 3.00. The smallest absolute Gasteiger partial charge is 0.320 e. The predicted molar refractivity (Wildman–Crippen MR) is 48.3 cm³/mol. The normalized spacial score (nSPS) is 10.5. The number of carbonyl (C=O) groups is 4. The highest BCUT2D eigenvalue weighted by molar-refractivity contribution is 5.93. The molecule has 0 radical (unpaired) electrons. The zero-order valence-electron chi connectivity index (χ0n) is 8.40. The second-order valence-corrected chi connectivity index (χ2v) is 3.00. The molecule has 0 atom stereocenters. The molecule has 9 nitrogen and oxygen atoms in total. The van der Waals surface area contributed by atoms with Crippen LogP contribution >= 0.6 is 0 Å². The maximum Gasteiger partial charge on any atom is 0.320 e.